The molecular weight excluding hydrogens is 268 g/mol. The fourth-order valence-corrected chi connectivity index (χ4v) is 3.44. The lowest BCUT2D eigenvalue weighted by molar-refractivity contribution is -0.118. The van der Waals surface area contributed by atoms with Crippen LogP contribution in [0.15, 0.2) is 0 Å². The first-order chi connectivity index (χ1) is 8.93. The maximum absolute atomic E-state index is 11.4. The molecule has 1 heterocycles. The molecule has 1 aliphatic heterocycles. The molecule has 0 spiro atoms. The molecule has 0 saturated carbocycles. The monoisotopic (exact) mass is 288 g/mol. The number of ether oxygens (including phenoxy) is 1. The van der Waals surface area contributed by atoms with Gasteiger partial charge in [-0.3, -0.25) is 9.59 Å². The summed E-state index contributed by atoms with van der Waals surface area (Å²) in [6.45, 7) is 2.67. The van der Waals surface area contributed by atoms with Gasteiger partial charge in [0.05, 0.1) is 7.11 Å². The molecule has 1 fully saturated rings. The van der Waals surface area contributed by atoms with E-state index in [4.69, 9.17) is 5.73 Å². The zero-order chi connectivity index (χ0) is 14.4. The van der Waals surface area contributed by atoms with E-state index in [1.807, 2.05) is 0 Å². The molecule has 1 aliphatic rings. The van der Waals surface area contributed by atoms with E-state index in [0.717, 1.165) is 12.8 Å². The van der Waals surface area contributed by atoms with Gasteiger partial charge in [0.1, 0.15) is 0 Å². The lowest BCUT2D eigenvalue weighted by Crippen LogP contribution is -2.41. The number of piperidine rings is 1. The Bertz CT molecular complexity index is 338. The van der Waals surface area contributed by atoms with E-state index in [0.29, 0.717) is 13.1 Å². The fraction of sp³-hybridized carbons (Fsp3) is 0.750. The number of hydrogen-bond donors (Lipinski definition) is 1. The predicted molar refractivity (Wildman–Crippen MR) is 72.6 cm³/mol. The molecule has 108 valence electrons. The van der Waals surface area contributed by atoms with Crippen LogP contribution in [0.1, 0.15) is 26.2 Å². The fourth-order valence-electron chi connectivity index (χ4n) is 2.30. The van der Waals surface area contributed by atoms with Crippen LogP contribution in [-0.4, -0.2) is 47.5 Å². The summed E-state index contributed by atoms with van der Waals surface area (Å²) in [6, 6.07) is 0. The van der Waals surface area contributed by atoms with Crippen molar-refractivity contribution in [3.63, 3.8) is 0 Å². The van der Waals surface area contributed by atoms with Crippen LogP contribution in [0.3, 0.4) is 0 Å². The third kappa shape index (κ3) is 5.10. The Morgan fingerprint density at radius 1 is 1.37 bits per heavy atom. The van der Waals surface area contributed by atoms with Crippen molar-refractivity contribution in [2.24, 2.45) is 11.7 Å². The van der Waals surface area contributed by atoms with Gasteiger partial charge in [-0.15, -0.1) is 0 Å². The molecule has 2 N–H and O–H groups in total. The molecule has 7 heteroatoms. The lowest BCUT2D eigenvalue weighted by atomic mass is 9.91. The highest BCUT2D eigenvalue weighted by atomic mass is 32.2. The molecule has 0 aromatic rings. The Labute approximate surface area is 117 Å². The van der Waals surface area contributed by atoms with Gasteiger partial charge < -0.3 is 15.4 Å². The van der Waals surface area contributed by atoms with E-state index in [9.17, 15) is 14.4 Å². The third-order valence-corrected chi connectivity index (χ3v) is 4.40. The highest BCUT2D eigenvalue weighted by molar-refractivity contribution is 8.14. The van der Waals surface area contributed by atoms with E-state index in [-0.39, 0.29) is 28.8 Å². The largest absolute Gasteiger partial charge is 0.453 e. The SMILES string of the molecule is COC(=O)N1CCC(C(CC(N)=O)SC(C)=O)CC1. The maximum Gasteiger partial charge on any atom is 0.409 e. The molecule has 0 bridgehead atoms. The minimum absolute atomic E-state index is 0.0124. The molecule has 0 aromatic carbocycles. The first-order valence-electron chi connectivity index (χ1n) is 6.22. The van der Waals surface area contributed by atoms with Gasteiger partial charge in [-0.1, -0.05) is 11.8 Å². The van der Waals surface area contributed by atoms with Gasteiger partial charge in [0, 0.05) is 31.7 Å². The summed E-state index contributed by atoms with van der Waals surface area (Å²) in [5.74, 6) is -0.170. The van der Waals surface area contributed by atoms with Crippen LogP contribution < -0.4 is 5.73 Å². The lowest BCUT2D eigenvalue weighted by Gasteiger charge is -2.34. The number of likely N-dealkylation sites (tertiary alicyclic amines) is 1. The van der Waals surface area contributed by atoms with E-state index in [2.05, 4.69) is 4.74 Å². The van der Waals surface area contributed by atoms with Gasteiger partial charge >= 0.3 is 6.09 Å². The maximum atomic E-state index is 11.4. The van der Waals surface area contributed by atoms with Gasteiger partial charge in [0.25, 0.3) is 0 Å². The van der Waals surface area contributed by atoms with Crippen molar-refractivity contribution in [3.05, 3.63) is 0 Å². The number of nitrogens with zero attached hydrogens (tertiary/aromatic N) is 1. The van der Waals surface area contributed by atoms with Gasteiger partial charge in [0.15, 0.2) is 5.12 Å². The number of thioether (sulfide) groups is 1. The number of carbonyl (C=O) groups is 3. The number of methoxy groups -OCH3 is 1. The van der Waals surface area contributed by atoms with Crippen LogP contribution in [0, 0.1) is 5.92 Å². The average molecular weight is 288 g/mol. The minimum Gasteiger partial charge on any atom is -0.453 e. The first kappa shape index (κ1) is 15.8. The molecule has 19 heavy (non-hydrogen) atoms. The quantitative estimate of drug-likeness (QED) is 0.833. The van der Waals surface area contributed by atoms with Crippen molar-refractivity contribution >= 4 is 28.9 Å². The predicted octanol–water partition coefficient (Wildman–Crippen LogP) is 0.989. The molecular formula is C12H20N2O4S. The first-order valence-corrected chi connectivity index (χ1v) is 7.10. The van der Waals surface area contributed by atoms with Gasteiger partial charge in [0.2, 0.25) is 5.91 Å². The van der Waals surface area contributed by atoms with Crippen LogP contribution >= 0.6 is 11.8 Å². The highest BCUT2D eigenvalue weighted by Gasteiger charge is 2.30. The van der Waals surface area contributed by atoms with Crippen molar-refractivity contribution in [3.8, 4) is 0 Å². The molecule has 0 radical (unpaired) electrons. The summed E-state index contributed by atoms with van der Waals surface area (Å²) < 4.78 is 4.67. The Balaban J connectivity index is 2.55. The number of carbonyl (C=O) groups excluding carboxylic acids is 3. The zero-order valence-corrected chi connectivity index (χ0v) is 12.1. The Morgan fingerprint density at radius 2 is 1.95 bits per heavy atom. The minimum atomic E-state index is -0.394. The molecule has 2 amide bonds. The van der Waals surface area contributed by atoms with Gasteiger partial charge in [-0.2, -0.15) is 0 Å². The second-order valence-electron chi connectivity index (χ2n) is 4.61. The highest BCUT2D eigenvalue weighted by Crippen LogP contribution is 2.31. The van der Waals surface area contributed by atoms with Crippen LogP contribution in [0.4, 0.5) is 4.79 Å². The van der Waals surface area contributed by atoms with Crippen LogP contribution in [0.5, 0.6) is 0 Å². The van der Waals surface area contributed by atoms with Crippen molar-refractivity contribution in [2.75, 3.05) is 20.2 Å². The Hall–Kier alpha value is -1.24. The Kier molecular flexibility index (Phi) is 6.14. The van der Waals surface area contributed by atoms with E-state index in [1.165, 1.54) is 25.8 Å². The number of hydrogen-bond acceptors (Lipinski definition) is 5. The molecule has 0 aliphatic carbocycles. The van der Waals surface area contributed by atoms with Crippen LogP contribution in [0.25, 0.3) is 0 Å². The summed E-state index contributed by atoms with van der Waals surface area (Å²) in [7, 11) is 1.36. The van der Waals surface area contributed by atoms with Crippen LogP contribution in [-0.2, 0) is 14.3 Å². The van der Waals surface area contributed by atoms with Crippen molar-refractivity contribution < 1.29 is 19.1 Å². The second-order valence-corrected chi connectivity index (χ2v) is 6.03. The molecule has 1 atom stereocenters. The summed E-state index contributed by atoms with van der Waals surface area (Å²) in [5, 5.41) is -0.101. The van der Waals surface area contributed by atoms with Crippen molar-refractivity contribution in [2.45, 2.75) is 31.4 Å². The molecule has 6 nitrogen and oxygen atoms in total. The average Bonchev–Trinajstić information content (AvgIpc) is 2.36. The van der Waals surface area contributed by atoms with Gasteiger partial charge in [-0.25, -0.2) is 4.79 Å². The van der Waals surface area contributed by atoms with Gasteiger partial charge in [-0.05, 0) is 18.8 Å². The zero-order valence-electron chi connectivity index (χ0n) is 11.3. The topological polar surface area (TPSA) is 89.7 Å². The Morgan fingerprint density at radius 3 is 2.37 bits per heavy atom. The molecule has 1 rings (SSSR count). The summed E-state index contributed by atoms with van der Waals surface area (Å²) in [5.41, 5.74) is 5.22. The van der Waals surface area contributed by atoms with E-state index in [1.54, 1.807) is 4.90 Å². The van der Waals surface area contributed by atoms with Crippen molar-refractivity contribution in [1.82, 2.24) is 4.90 Å². The number of amides is 2. The molecule has 0 aromatic heterocycles. The number of rotatable bonds is 4. The summed E-state index contributed by atoms with van der Waals surface area (Å²) in [4.78, 5) is 35.3. The van der Waals surface area contributed by atoms with Crippen molar-refractivity contribution in [1.29, 1.82) is 0 Å². The number of nitrogens with two attached hydrogens (primary N) is 1. The van der Waals surface area contributed by atoms with Crippen LogP contribution in [0.2, 0.25) is 0 Å². The smallest absolute Gasteiger partial charge is 0.409 e. The summed E-state index contributed by atoms with van der Waals surface area (Å²) >= 11 is 1.18. The molecule has 1 unspecified atom stereocenters. The standard InChI is InChI=1S/C12H20N2O4S/c1-8(15)19-10(7-11(13)16)9-3-5-14(6-4-9)12(17)18-2/h9-10H,3-7H2,1-2H3,(H2,13,16). The normalized spacial score (nSPS) is 17.9. The third-order valence-electron chi connectivity index (χ3n) is 3.22. The second kappa shape index (κ2) is 7.37. The summed E-state index contributed by atoms with van der Waals surface area (Å²) in [6.07, 6.45) is 1.39. The van der Waals surface area contributed by atoms with E-state index >= 15 is 0 Å². The molecule has 1 saturated heterocycles. The number of primary amides is 1. The van der Waals surface area contributed by atoms with E-state index < -0.39 is 5.91 Å².